The van der Waals surface area contributed by atoms with Crippen LogP contribution in [0.2, 0.25) is 0 Å². The Kier molecular flexibility index (Phi) is 5.86. The maximum atomic E-state index is 12.2. The second-order valence-electron chi connectivity index (χ2n) is 5.51. The van der Waals surface area contributed by atoms with Crippen molar-refractivity contribution in [1.29, 1.82) is 0 Å². The van der Waals surface area contributed by atoms with Gasteiger partial charge in [0.05, 0.1) is 0 Å². The number of hydrogen-bond acceptors (Lipinski definition) is 6. The molecule has 0 saturated carbocycles. The van der Waals surface area contributed by atoms with Crippen LogP contribution in [0.5, 0.6) is 5.75 Å². The average molecular weight is 456 g/mol. The molecule has 27 heavy (non-hydrogen) atoms. The molecule has 9 nitrogen and oxygen atoms in total. The molecule has 0 amide bonds. The molecule has 1 aromatic heterocycles. The highest BCUT2D eigenvalue weighted by molar-refractivity contribution is 9.10. The number of aromatic carboxylic acids is 2. The van der Waals surface area contributed by atoms with Crippen molar-refractivity contribution in [3.8, 4) is 16.9 Å². The number of nitrogens with zero attached hydrogens (tertiary/aromatic N) is 1. The second kappa shape index (κ2) is 7.76. The molecule has 5 N–H and O–H groups in total. The molecule has 0 aliphatic heterocycles. The van der Waals surface area contributed by atoms with Crippen LogP contribution in [0.1, 0.15) is 20.7 Å². The van der Waals surface area contributed by atoms with Crippen molar-refractivity contribution >= 4 is 51.1 Å². The minimum Gasteiger partial charge on any atom is -0.478 e. The molecule has 142 valence electrons. The second-order valence-corrected chi connectivity index (χ2v) is 6.77. The third-order valence-corrected chi connectivity index (χ3v) is 4.39. The van der Waals surface area contributed by atoms with Crippen LogP contribution in [-0.2, 0) is 0 Å². The van der Waals surface area contributed by atoms with Gasteiger partial charge in [-0.2, -0.15) is 0 Å². The minimum absolute atomic E-state index is 0.0370. The number of carboxylic acid groups (broad SMARTS) is 2. The molecule has 2 rings (SSSR count). The van der Waals surface area contributed by atoms with Gasteiger partial charge in [0.15, 0.2) is 0 Å². The molecule has 0 bridgehead atoms. The molecule has 1 heterocycles. The lowest BCUT2D eigenvalue weighted by atomic mass is 9.94. The molecule has 0 aliphatic rings. The number of rotatable bonds is 4. The number of carbonyl (C=O) groups is 2. The van der Waals surface area contributed by atoms with Crippen LogP contribution in [0, 0.1) is 0 Å². The summed E-state index contributed by atoms with van der Waals surface area (Å²) in [7, 11) is 3.27. The largest absolute Gasteiger partial charge is 0.478 e. The maximum absolute atomic E-state index is 12.2. The summed E-state index contributed by atoms with van der Waals surface area (Å²) in [5.41, 5.74) is 2.94. The topological polar surface area (TPSA) is 146 Å². The van der Waals surface area contributed by atoms with Gasteiger partial charge in [0, 0.05) is 29.7 Å². The highest BCUT2D eigenvalue weighted by Gasteiger charge is 2.28. The average Bonchev–Trinajstić information content (AvgIpc) is 2.53. The van der Waals surface area contributed by atoms with Gasteiger partial charge in [-0.1, -0.05) is 15.9 Å². The number of nitrogens with two attached hydrogens (primary N) is 1. The van der Waals surface area contributed by atoms with E-state index in [-0.39, 0.29) is 22.1 Å². The lowest BCUT2D eigenvalue weighted by Crippen LogP contribution is -2.26. The van der Waals surface area contributed by atoms with Crippen LogP contribution >= 0.6 is 28.1 Å². The molecule has 0 atom stereocenters. The summed E-state index contributed by atoms with van der Waals surface area (Å²) >= 11 is 8.35. The fraction of sp³-hybridized carbons (Fsp3) is 0.125. The van der Waals surface area contributed by atoms with Crippen molar-refractivity contribution in [2.45, 2.75) is 0 Å². The van der Waals surface area contributed by atoms with E-state index >= 15 is 0 Å². The molecular weight excluding hydrogens is 442 g/mol. The number of aromatic amines is 1. The van der Waals surface area contributed by atoms with E-state index in [9.17, 15) is 24.6 Å². The van der Waals surface area contributed by atoms with Crippen LogP contribution in [0.4, 0.5) is 5.82 Å². The number of carboxylic acids is 2. The van der Waals surface area contributed by atoms with Crippen LogP contribution in [-0.4, -0.2) is 51.3 Å². The van der Waals surface area contributed by atoms with Crippen LogP contribution in [0.15, 0.2) is 27.5 Å². The number of nitrogen functional groups attached to an aromatic ring is 1. The number of ether oxygens (including phenoxy) is 1. The number of aromatic nitrogens is 1. The van der Waals surface area contributed by atoms with E-state index in [0.717, 1.165) is 0 Å². The third kappa shape index (κ3) is 4.09. The number of H-pyrrole nitrogens is 1. The number of hydrogen-bond donors (Lipinski definition) is 4. The Bertz CT molecular complexity index is 1020. The SMILES string of the molecule is CN(C)C(=S)Oc1cc(Br)ccc1-c1c(C(=O)O)c(N)[nH]c(=O)c1C(=O)O. The van der Waals surface area contributed by atoms with Gasteiger partial charge in [0.2, 0.25) is 0 Å². The lowest BCUT2D eigenvalue weighted by molar-refractivity contribution is 0.0695. The highest BCUT2D eigenvalue weighted by atomic mass is 79.9. The van der Waals surface area contributed by atoms with E-state index in [1.807, 2.05) is 4.98 Å². The number of halogens is 1. The van der Waals surface area contributed by atoms with Gasteiger partial charge in [0.1, 0.15) is 22.7 Å². The molecule has 0 fully saturated rings. The normalized spacial score (nSPS) is 10.3. The summed E-state index contributed by atoms with van der Waals surface area (Å²) in [5.74, 6) is -3.54. The van der Waals surface area contributed by atoms with E-state index < -0.39 is 34.4 Å². The van der Waals surface area contributed by atoms with Crippen molar-refractivity contribution < 1.29 is 24.5 Å². The first-order chi connectivity index (χ1) is 12.5. The van der Waals surface area contributed by atoms with E-state index in [0.29, 0.717) is 4.47 Å². The number of benzene rings is 1. The molecule has 0 unspecified atom stereocenters. The summed E-state index contributed by atoms with van der Waals surface area (Å²) < 4.78 is 6.14. The van der Waals surface area contributed by atoms with Gasteiger partial charge >= 0.3 is 11.9 Å². The Morgan fingerprint density at radius 1 is 1.22 bits per heavy atom. The van der Waals surface area contributed by atoms with Crippen molar-refractivity contribution in [2.75, 3.05) is 19.8 Å². The zero-order chi connectivity index (χ0) is 20.5. The van der Waals surface area contributed by atoms with E-state index in [2.05, 4.69) is 15.9 Å². The van der Waals surface area contributed by atoms with Gasteiger partial charge in [-0.3, -0.25) is 4.79 Å². The predicted octanol–water partition coefficient (Wildman–Crippen LogP) is 2.01. The van der Waals surface area contributed by atoms with Crippen molar-refractivity contribution in [1.82, 2.24) is 9.88 Å². The highest BCUT2D eigenvalue weighted by Crippen LogP contribution is 2.37. The van der Waals surface area contributed by atoms with Crippen LogP contribution in [0.25, 0.3) is 11.1 Å². The van der Waals surface area contributed by atoms with Crippen molar-refractivity contribution in [3.63, 3.8) is 0 Å². The van der Waals surface area contributed by atoms with E-state index in [4.69, 9.17) is 22.7 Å². The number of nitrogens with one attached hydrogen (secondary N) is 1. The quantitative estimate of drug-likeness (QED) is 0.508. The smallest absolute Gasteiger partial charge is 0.342 e. The summed E-state index contributed by atoms with van der Waals surface area (Å²) in [6.45, 7) is 0. The Morgan fingerprint density at radius 2 is 1.81 bits per heavy atom. The molecule has 11 heteroatoms. The predicted molar refractivity (Wildman–Crippen MR) is 105 cm³/mol. The lowest BCUT2D eigenvalue weighted by Gasteiger charge is -2.19. The molecule has 1 aromatic carbocycles. The van der Waals surface area contributed by atoms with Crippen molar-refractivity contribution in [2.24, 2.45) is 0 Å². The van der Waals surface area contributed by atoms with Crippen LogP contribution in [0.3, 0.4) is 0 Å². The molecule has 2 aromatic rings. The fourth-order valence-corrected chi connectivity index (χ4v) is 2.72. The first-order valence-electron chi connectivity index (χ1n) is 7.26. The zero-order valence-electron chi connectivity index (χ0n) is 14.1. The van der Waals surface area contributed by atoms with E-state index in [1.165, 1.54) is 23.1 Å². The van der Waals surface area contributed by atoms with Gasteiger partial charge in [0.25, 0.3) is 10.7 Å². The van der Waals surface area contributed by atoms with E-state index in [1.54, 1.807) is 14.1 Å². The Balaban J connectivity index is 2.93. The maximum Gasteiger partial charge on any atom is 0.342 e. The third-order valence-electron chi connectivity index (χ3n) is 3.45. The van der Waals surface area contributed by atoms with Gasteiger partial charge < -0.3 is 30.6 Å². The monoisotopic (exact) mass is 455 g/mol. The first-order valence-corrected chi connectivity index (χ1v) is 8.46. The summed E-state index contributed by atoms with van der Waals surface area (Å²) in [6, 6.07) is 4.42. The summed E-state index contributed by atoms with van der Waals surface area (Å²) in [6.07, 6.45) is 0. The summed E-state index contributed by atoms with van der Waals surface area (Å²) in [4.78, 5) is 39.1. The number of anilines is 1. The molecule has 0 radical (unpaired) electrons. The van der Waals surface area contributed by atoms with Gasteiger partial charge in [-0.15, -0.1) is 0 Å². The van der Waals surface area contributed by atoms with Gasteiger partial charge in [-0.05, 0) is 30.4 Å². The Morgan fingerprint density at radius 3 is 2.33 bits per heavy atom. The fourth-order valence-electron chi connectivity index (χ4n) is 2.29. The standard InChI is InChI=1S/C16H14BrN3O6S/c1-20(2)16(27)26-8-5-6(17)3-4-7(8)9-10(14(22)23)12(18)19-13(21)11(9)15(24)25/h3-5H,1-2H3,(H,22,23)(H,24,25)(H3,18,19,21). The number of thiocarbonyl (C=S) groups is 1. The molecule has 0 aliphatic carbocycles. The van der Waals surface area contributed by atoms with Crippen molar-refractivity contribution in [3.05, 3.63) is 44.2 Å². The minimum atomic E-state index is -1.61. The molecule has 0 saturated heterocycles. The summed E-state index contributed by atoms with van der Waals surface area (Å²) in [5, 5.41) is 19.1. The number of pyridine rings is 1. The molecule has 0 spiro atoms. The van der Waals surface area contributed by atoms with Crippen LogP contribution < -0.4 is 16.0 Å². The molecular formula is C16H14BrN3O6S. The Labute approximate surface area is 166 Å². The zero-order valence-corrected chi connectivity index (χ0v) is 16.5. The Hall–Kier alpha value is -2.92. The first kappa shape index (κ1) is 20.4. The van der Waals surface area contributed by atoms with Gasteiger partial charge in [-0.25, -0.2) is 9.59 Å².